The molecule has 4 nitrogen and oxygen atoms in total. The largest absolute Gasteiger partial charge is 0.493 e. The van der Waals surface area contributed by atoms with Crippen LogP contribution in [0.25, 0.3) is 11.1 Å². The van der Waals surface area contributed by atoms with E-state index in [1.165, 1.54) is 12.8 Å². The highest BCUT2D eigenvalue weighted by molar-refractivity contribution is 9.10. The van der Waals surface area contributed by atoms with E-state index in [2.05, 4.69) is 27.3 Å². The van der Waals surface area contributed by atoms with Gasteiger partial charge in [0.05, 0.1) is 28.6 Å². The fourth-order valence-electron chi connectivity index (χ4n) is 3.08. The fraction of sp³-hybridized carbons (Fsp3) is 0.368. The van der Waals surface area contributed by atoms with Crippen molar-refractivity contribution in [1.29, 1.82) is 0 Å². The number of aliphatic hydroxyl groups is 1. The van der Waals surface area contributed by atoms with Gasteiger partial charge in [-0.1, -0.05) is 18.2 Å². The van der Waals surface area contributed by atoms with Crippen molar-refractivity contribution < 1.29 is 9.84 Å². The molecule has 1 fully saturated rings. The number of hydrogen-bond acceptors (Lipinski definition) is 4. The maximum Gasteiger partial charge on any atom is 0.125 e. The lowest BCUT2D eigenvalue weighted by Crippen LogP contribution is -2.13. The Balaban J connectivity index is 1.65. The number of halogens is 1. The molecule has 2 aromatic carbocycles. The Bertz CT molecular complexity index is 774. The van der Waals surface area contributed by atoms with Crippen molar-refractivity contribution in [2.75, 3.05) is 24.2 Å². The van der Waals surface area contributed by atoms with Gasteiger partial charge in [0.2, 0.25) is 0 Å². The summed E-state index contributed by atoms with van der Waals surface area (Å²) < 4.78 is 6.59. The molecule has 0 aromatic heterocycles. The number of aliphatic hydroxyl groups excluding tert-OH is 1. The van der Waals surface area contributed by atoms with Gasteiger partial charge in [0.15, 0.2) is 0 Å². The molecule has 0 saturated heterocycles. The predicted molar refractivity (Wildman–Crippen MR) is 100 cm³/mol. The summed E-state index contributed by atoms with van der Waals surface area (Å²) in [6, 6.07) is 10.0. The van der Waals surface area contributed by atoms with Gasteiger partial charge in [0.25, 0.3) is 0 Å². The molecule has 0 bridgehead atoms. The molecule has 4 rings (SSSR count). The number of rotatable bonds is 4. The molecule has 2 aromatic rings. The van der Waals surface area contributed by atoms with E-state index in [1.807, 2.05) is 24.3 Å². The van der Waals surface area contributed by atoms with Crippen molar-refractivity contribution >= 4 is 27.3 Å². The zero-order valence-electron chi connectivity index (χ0n) is 13.4. The lowest BCUT2D eigenvalue weighted by Gasteiger charge is -2.23. The molecular weight excluding hydrogens is 368 g/mol. The molecule has 0 radical (unpaired) electrons. The van der Waals surface area contributed by atoms with Crippen LogP contribution >= 0.6 is 15.9 Å². The second kappa shape index (κ2) is 6.30. The number of ether oxygens (including phenoxy) is 1. The highest BCUT2D eigenvalue weighted by Gasteiger charge is 2.22. The fourth-order valence-corrected chi connectivity index (χ4v) is 3.66. The maximum absolute atomic E-state index is 10.0. The van der Waals surface area contributed by atoms with Gasteiger partial charge in [-0.15, -0.1) is 0 Å². The molecule has 4 N–H and O–H groups in total. The van der Waals surface area contributed by atoms with Crippen molar-refractivity contribution in [3.8, 4) is 16.9 Å². The quantitative estimate of drug-likeness (QED) is 0.681. The Kier molecular flexibility index (Phi) is 4.14. The van der Waals surface area contributed by atoms with Gasteiger partial charge in [-0.25, -0.2) is 0 Å². The minimum Gasteiger partial charge on any atom is -0.493 e. The van der Waals surface area contributed by atoms with Crippen LogP contribution in [0.5, 0.6) is 5.75 Å². The topological polar surface area (TPSA) is 67.5 Å². The van der Waals surface area contributed by atoms with Crippen molar-refractivity contribution in [3.63, 3.8) is 0 Å². The molecule has 1 atom stereocenters. The van der Waals surface area contributed by atoms with Gasteiger partial charge in [-0.05, 0) is 57.9 Å². The van der Waals surface area contributed by atoms with E-state index < -0.39 is 6.10 Å². The van der Waals surface area contributed by atoms with Crippen LogP contribution in [0, 0.1) is 5.92 Å². The monoisotopic (exact) mass is 388 g/mol. The Labute approximate surface area is 150 Å². The van der Waals surface area contributed by atoms with E-state index in [0.29, 0.717) is 13.0 Å². The number of nitrogen functional groups attached to an aromatic ring is 1. The highest BCUT2D eigenvalue weighted by Crippen LogP contribution is 2.41. The molecule has 126 valence electrons. The Morgan fingerprint density at radius 2 is 2.04 bits per heavy atom. The average molecular weight is 389 g/mol. The first-order chi connectivity index (χ1) is 11.6. The number of benzene rings is 2. The number of fused-ring (bicyclic) bond motifs is 1. The summed E-state index contributed by atoms with van der Waals surface area (Å²) in [6.07, 6.45) is 2.83. The van der Waals surface area contributed by atoms with E-state index in [9.17, 15) is 5.11 Å². The number of anilines is 2. The third kappa shape index (κ3) is 2.98. The van der Waals surface area contributed by atoms with Crippen molar-refractivity contribution in [1.82, 2.24) is 0 Å². The highest BCUT2D eigenvalue weighted by atomic mass is 79.9. The van der Waals surface area contributed by atoms with Gasteiger partial charge >= 0.3 is 0 Å². The zero-order chi connectivity index (χ0) is 16.7. The minimum atomic E-state index is -0.440. The lowest BCUT2D eigenvalue weighted by molar-refractivity contribution is 0.115. The summed E-state index contributed by atoms with van der Waals surface area (Å²) in [5.41, 5.74) is 10.9. The van der Waals surface area contributed by atoms with Gasteiger partial charge < -0.3 is 20.9 Å². The first-order valence-electron chi connectivity index (χ1n) is 8.40. The van der Waals surface area contributed by atoms with Crippen LogP contribution < -0.4 is 15.8 Å². The third-order valence-electron chi connectivity index (χ3n) is 4.79. The van der Waals surface area contributed by atoms with Gasteiger partial charge in [0, 0.05) is 18.5 Å². The summed E-state index contributed by atoms with van der Waals surface area (Å²) in [7, 11) is 0. The van der Waals surface area contributed by atoms with E-state index in [4.69, 9.17) is 10.5 Å². The van der Waals surface area contributed by atoms with Gasteiger partial charge in [-0.2, -0.15) is 0 Å². The molecule has 2 aliphatic rings. The summed E-state index contributed by atoms with van der Waals surface area (Å²) in [5, 5.41) is 13.5. The molecular formula is C19H21BrN2O2. The van der Waals surface area contributed by atoms with Crippen LogP contribution in [-0.2, 0) is 0 Å². The molecule has 0 spiro atoms. The van der Waals surface area contributed by atoms with Crippen LogP contribution in [0.1, 0.15) is 30.9 Å². The molecule has 1 heterocycles. The van der Waals surface area contributed by atoms with E-state index >= 15 is 0 Å². The van der Waals surface area contributed by atoms with Crippen LogP contribution in [0.3, 0.4) is 0 Å². The first-order valence-corrected chi connectivity index (χ1v) is 9.20. The van der Waals surface area contributed by atoms with Crippen LogP contribution in [0.15, 0.2) is 34.8 Å². The van der Waals surface area contributed by atoms with Crippen LogP contribution in [-0.4, -0.2) is 18.3 Å². The summed E-state index contributed by atoms with van der Waals surface area (Å²) in [5.74, 6) is 1.56. The molecule has 24 heavy (non-hydrogen) atoms. The van der Waals surface area contributed by atoms with Crippen LogP contribution in [0.2, 0.25) is 0 Å². The summed E-state index contributed by atoms with van der Waals surface area (Å²) in [6.45, 7) is 1.53. The van der Waals surface area contributed by atoms with E-state index in [0.717, 1.165) is 50.8 Å². The van der Waals surface area contributed by atoms with Crippen molar-refractivity contribution in [2.45, 2.75) is 25.4 Å². The van der Waals surface area contributed by atoms with Crippen molar-refractivity contribution in [3.05, 3.63) is 40.4 Å². The average Bonchev–Trinajstić information content (AvgIpc) is 3.40. The maximum atomic E-state index is 10.0. The lowest BCUT2D eigenvalue weighted by atomic mass is 9.97. The third-order valence-corrected chi connectivity index (χ3v) is 5.64. The molecule has 0 amide bonds. The summed E-state index contributed by atoms with van der Waals surface area (Å²) in [4.78, 5) is 0. The standard InChI is InChI=1S/C19H21BrN2O2/c20-18-13(5-6-15(19(18)21)22-10-11-1-2-11)12-3-4-14-16(23)7-8-24-17(14)9-12/h3-6,9,11,16,22-23H,1-2,7-8,10,21H2. The second-order valence-corrected chi connectivity index (χ2v) is 7.41. The number of nitrogens with two attached hydrogens (primary N) is 1. The summed E-state index contributed by atoms with van der Waals surface area (Å²) >= 11 is 3.64. The minimum absolute atomic E-state index is 0.440. The second-order valence-electron chi connectivity index (χ2n) is 6.62. The zero-order valence-corrected chi connectivity index (χ0v) is 15.0. The first kappa shape index (κ1) is 15.8. The normalized spacial score (nSPS) is 19.5. The van der Waals surface area contributed by atoms with E-state index in [-0.39, 0.29) is 0 Å². The predicted octanol–water partition coefficient (Wildman–Crippen LogP) is 4.34. The van der Waals surface area contributed by atoms with Gasteiger partial charge in [-0.3, -0.25) is 0 Å². The number of nitrogens with one attached hydrogen (secondary N) is 1. The molecule has 1 unspecified atom stereocenters. The molecule has 5 heteroatoms. The smallest absolute Gasteiger partial charge is 0.125 e. The van der Waals surface area contributed by atoms with Crippen LogP contribution in [0.4, 0.5) is 11.4 Å². The molecule has 1 aliphatic heterocycles. The SMILES string of the molecule is Nc1c(NCC2CC2)ccc(-c2ccc3c(c2)OCCC3O)c1Br. The Hall–Kier alpha value is -1.72. The Morgan fingerprint density at radius 3 is 2.83 bits per heavy atom. The van der Waals surface area contributed by atoms with E-state index in [1.54, 1.807) is 0 Å². The molecule has 1 saturated carbocycles. The van der Waals surface area contributed by atoms with Gasteiger partial charge in [0.1, 0.15) is 5.75 Å². The van der Waals surface area contributed by atoms with Crippen molar-refractivity contribution in [2.24, 2.45) is 5.92 Å². The Morgan fingerprint density at radius 1 is 1.21 bits per heavy atom. The molecule has 1 aliphatic carbocycles. The number of hydrogen-bond donors (Lipinski definition) is 3.